The second-order valence-corrected chi connectivity index (χ2v) is 17.8. The molecule has 5 nitrogen and oxygen atoms in total. The highest BCUT2D eigenvalue weighted by molar-refractivity contribution is 6.29. The van der Waals surface area contributed by atoms with Gasteiger partial charge in [0, 0.05) is 60.1 Å². The fourth-order valence-electron chi connectivity index (χ4n) is 11.2. The van der Waals surface area contributed by atoms with E-state index in [2.05, 4.69) is 222 Å². The molecular weight excluding hydrogens is 779 g/mol. The lowest BCUT2D eigenvalue weighted by Crippen LogP contribution is -2.14. The summed E-state index contributed by atoms with van der Waals surface area (Å²) < 4.78 is 7.16. The van der Waals surface area contributed by atoms with Gasteiger partial charge >= 0.3 is 0 Å². The highest BCUT2D eigenvalue weighted by Gasteiger charge is 2.35. The molecule has 1 aliphatic rings. The van der Waals surface area contributed by atoms with Crippen molar-refractivity contribution >= 4 is 76.3 Å². The summed E-state index contributed by atoms with van der Waals surface area (Å²) in [5.74, 6) is 0.656. The Labute approximate surface area is 368 Å². The topological polar surface area (TPSA) is 40.6 Å². The summed E-state index contributed by atoms with van der Waals surface area (Å²) in [6.45, 7) is 4.70. The van der Waals surface area contributed by atoms with Crippen molar-refractivity contribution in [1.82, 2.24) is 23.7 Å². The monoisotopic (exact) mass is 817 g/mol. The highest BCUT2D eigenvalue weighted by atomic mass is 15.2. The van der Waals surface area contributed by atoms with E-state index in [1.165, 1.54) is 71.6 Å². The van der Waals surface area contributed by atoms with Crippen molar-refractivity contribution in [3.63, 3.8) is 0 Å². The Hall–Kier alpha value is -8.28. The van der Waals surface area contributed by atoms with E-state index in [0.717, 1.165) is 49.7 Å². The average Bonchev–Trinajstić information content (AvgIpc) is 4.04. The summed E-state index contributed by atoms with van der Waals surface area (Å²) in [5, 5.41) is 8.35. The number of hydrogen-bond acceptors (Lipinski definition) is 2. The lowest BCUT2D eigenvalue weighted by Gasteiger charge is -2.21. The van der Waals surface area contributed by atoms with Crippen molar-refractivity contribution in [2.24, 2.45) is 0 Å². The van der Waals surface area contributed by atoms with Crippen LogP contribution in [-0.2, 0) is 5.41 Å². The van der Waals surface area contributed by atoms with Gasteiger partial charge in [0.1, 0.15) is 0 Å². The Morgan fingerprint density at radius 1 is 0.359 bits per heavy atom. The average molecular weight is 818 g/mol. The van der Waals surface area contributed by atoms with Crippen LogP contribution in [0.3, 0.4) is 0 Å². The predicted octanol–water partition coefficient (Wildman–Crippen LogP) is 14.9. The van der Waals surface area contributed by atoms with Gasteiger partial charge in [-0.15, -0.1) is 0 Å². The largest absolute Gasteiger partial charge is 0.309 e. The molecule has 0 radical (unpaired) electrons. The van der Waals surface area contributed by atoms with Gasteiger partial charge in [0.15, 0.2) is 0 Å². The van der Waals surface area contributed by atoms with E-state index >= 15 is 0 Å². The quantitative estimate of drug-likeness (QED) is 0.177. The van der Waals surface area contributed by atoms with Crippen LogP contribution < -0.4 is 0 Å². The first-order valence-corrected chi connectivity index (χ1v) is 22.1. The molecule has 9 aromatic carbocycles. The molecule has 14 rings (SSSR count). The minimum Gasteiger partial charge on any atom is -0.309 e. The Balaban J connectivity index is 1.00. The number of nitrogens with zero attached hydrogens (tertiary/aromatic N) is 5. The predicted molar refractivity (Wildman–Crippen MR) is 266 cm³/mol. The third-order valence-corrected chi connectivity index (χ3v) is 14.1. The second-order valence-electron chi connectivity index (χ2n) is 17.8. The van der Waals surface area contributed by atoms with E-state index < -0.39 is 0 Å². The summed E-state index contributed by atoms with van der Waals surface area (Å²) in [6, 6.07) is 72.7. The van der Waals surface area contributed by atoms with Gasteiger partial charge in [-0.25, -0.2) is 9.97 Å². The number of aromatic nitrogens is 5. The normalized spacial score (nSPS) is 13.3. The third kappa shape index (κ3) is 4.73. The zero-order valence-electron chi connectivity index (χ0n) is 35.3. The summed E-state index contributed by atoms with van der Waals surface area (Å²) in [6.07, 6.45) is 0. The molecule has 0 unspecified atom stereocenters. The molecule has 0 saturated carbocycles. The van der Waals surface area contributed by atoms with Crippen molar-refractivity contribution < 1.29 is 0 Å². The van der Waals surface area contributed by atoms with Crippen LogP contribution in [0.15, 0.2) is 200 Å². The van der Waals surface area contributed by atoms with Crippen LogP contribution in [0.4, 0.5) is 0 Å². The maximum absolute atomic E-state index is 5.32. The van der Waals surface area contributed by atoms with Gasteiger partial charge in [-0.05, 0) is 89.0 Å². The minimum atomic E-state index is -0.0483. The van der Waals surface area contributed by atoms with Crippen LogP contribution in [0.1, 0.15) is 25.0 Å². The van der Waals surface area contributed by atoms with Gasteiger partial charge in [0.25, 0.3) is 0 Å². The summed E-state index contributed by atoms with van der Waals surface area (Å²) in [7, 11) is 0. The molecule has 5 heteroatoms. The third-order valence-electron chi connectivity index (χ3n) is 14.1. The highest BCUT2D eigenvalue weighted by Crippen LogP contribution is 2.50. The fourth-order valence-corrected chi connectivity index (χ4v) is 11.2. The van der Waals surface area contributed by atoms with Gasteiger partial charge in [0.2, 0.25) is 5.95 Å². The Bertz CT molecular complexity index is 4110. The van der Waals surface area contributed by atoms with Gasteiger partial charge < -0.3 is 9.13 Å². The number of para-hydroxylation sites is 4. The van der Waals surface area contributed by atoms with Crippen LogP contribution in [0, 0.1) is 0 Å². The van der Waals surface area contributed by atoms with Gasteiger partial charge in [-0.3, -0.25) is 4.57 Å². The number of rotatable bonds is 4. The maximum atomic E-state index is 5.32. The fraction of sp³-hybridized carbons (Fsp3) is 0.0508. The van der Waals surface area contributed by atoms with E-state index in [1.807, 2.05) is 6.07 Å². The maximum Gasteiger partial charge on any atom is 0.235 e. The second kappa shape index (κ2) is 12.9. The molecule has 13 aromatic rings. The standard InChI is InChI=1S/C59H39N5/c1-59(2)46-23-11-6-18-39(46)44-34-37(28-30-47(44)59)62-50-26-14-9-21-42(50)55-53(62)32-33-54-56(55)43-22-10-15-27-51(43)63(54)38-29-31-52-45(35-38)40-19-8-13-25-49(40)64(52)58-60-48-24-12-7-20-41(48)57(61-58)36-16-4-3-5-17-36/h3-35H,1-2H3. The smallest absolute Gasteiger partial charge is 0.235 e. The molecule has 0 saturated heterocycles. The zero-order valence-corrected chi connectivity index (χ0v) is 35.3. The Morgan fingerprint density at radius 2 is 0.875 bits per heavy atom. The molecule has 0 atom stereocenters. The molecule has 0 N–H and O–H groups in total. The van der Waals surface area contributed by atoms with E-state index in [1.54, 1.807) is 0 Å². The Morgan fingerprint density at radius 3 is 1.59 bits per heavy atom. The first-order chi connectivity index (χ1) is 31.5. The van der Waals surface area contributed by atoms with E-state index in [4.69, 9.17) is 9.97 Å². The Kier molecular flexibility index (Phi) is 7.11. The molecule has 64 heavy (non-hydrogen) atoms. The van der Waals surface area contributed by atoms with Crippen molar-refractivity contribution in [2.45, 2.75) is 19.3 Å². The van der Waals surface area contributed by atoms with Crippen molar-refractivity contribution in [2.75, 3.05) is 0 Å². The molecule has 0 fully saturated rings. The summed E-state index contributed by atoms with van der Waals surface area (Å²) in [4.78, 5) is 10.5. The van der Waals surface area contributed by atoms with E-state index in [-0.39, 0.29) is 5.41 Å². The molecule has 0 amide bonds. The molecule has 0 aliphatic heterocycles. The lowest BCUT2D eigenvalue weighted by molar-refractivity contribution is 0.660. The van der Waals surface area contributed by atoms with Crippen LogP contribution in [0.5, 0.6) is 0 Å². The lowest BCUT2D eigenvalue weighted by atomic mass is 9.82. The SMILES string of the molecule is CC1(C)c2ccccc2-c2cc(-n3c4ccccc4c4c5c6ccccc6n(-c6ccc7c(c6)c6ccccc6n7-c6nc(-c7ccccc7)c7ccccc7n6)c5ccc43)ccc21. The van der Waals surface area contributed by atoms with Gasteiger partial charge in [0.05, 0.1) is 44.3 Å². The van der Waals surface area contributed by atoms with Crippen molar-refractivity contribution in [1.29, 1.82) is 0 Å². The molecule has 0 bridgehead atoms. The van der Waals surface area contributed by atoms with E-state index in [0.29, 0.717) is 5.95 Å². The van der Waals surface area contributed by atoms with Crippen LogP contribution in [0.25, 0.3) is 116 Å². The number of fused-ring (bicyclic) bond motifs is 14. The summed E-state index contributed by atoms with van der Waals surface area (Å²) >= 11 is 0. The first kappa shape index (κ1) is 35.3. The minimum absolute atomic E-state index is 0.0483. The van der Waals surface area contributed by atoms with Gasteiger partial charge in [-0.2, -0.15) is 0 Å². The van der Waals surface area contributed by atoms with Crippen molar-refractivity contribution in [3.05, 3.63) is 211 Å². The molecule has 300 valence electrons. The zero-order chi connectivity index (χ0) is 42.3. The number of hydrogen-bond donors (Lipinski definition) is 0. The van der Waals surface area contributed by atoms with Crippen LogP contribution in [-0.4, -0.2) is 23.7 Å². The van der Waals surface area contributed by atoms with Crippen molar-refractivity contribution in [3.8, 4) is 39.7 Å². The molecule has 4 aromatic heterocycles. The number of benzene rings is 9. The van der Waals surface area contributed by atoms with Gasteiger partial charge in [-0.1, -0.05) is 147 Å². The molecular formula is C59H39N5. The van der Waals surface area contributed by atoms with Crippen LogP contribution in [0.2, 0.25) is 0 Å². The van der Waals surface area contributed by atoms with Crippen LogP contribution >= 0.6 is 0 Å². The first-order valence-electron chi connectivity index (χ1n) is 22.1. The van der Waals surface area contributed by atoms with E-state index in [9.17, 15) is 0 Å². The molecule has 0 spiro atoms. The molecule has 1 aliphatic carbocycles. The summed E-state index contributed by atoms with van der Waals surface area (Å²) in [5.41, 5.74) is 17.4. The molecule has 4 heterocycles.